The molecule has 4 nitrogen and oxygen atoms in total. The molecular weight excluding hydrogens is 324 g/mol. The lowest BCUT2D eigenvalue weighted by Crippen LogP contribution is -2.33. The number of carbonyl (C=O) groups is 2. The minimum Gasteiger partial charge on any atom is -0.366 e. The lowest BCUT2D eigenvalue weighted by Gasteiger charge is -2.24. The average molecular weight is 345 g/mol. The SMILES string of the molecule is Cc1c(NC(=O)C(C)(C)Cc2cccc(Cl)c2)cccc1C(N)=O. The van der Waals surface area contributed by atoms with E-state index in [-0.39, 0.29) is 5.91 Å². The second-order valence-corrected chi connectivity index (χ2v) is 6.92. The van der Waals surface area contributed by atoms with Crippen LogP contribution in [-0.2, 0) is 11.2 Å². The van der Waals surface area contributed by atoms with Crippen LogP contribution in [0.2, 0.25) is 5.02 Å². The molecule has 0 radical (unpaired) electrons. The van der Waals surface area contributed by atoms with Gasteiger partial charge in [0, 0.05) is 21.7 Å². The van der Waals surface area contributed by atoms with Crippen LogP contribution in [0.5, 0.6) is 0 Å². The van der Waals surface area contributed by atoms with Crippen molar-refractivity contribution in [3.8, 4) is 0 Å². The van der Waals surface area contributed by atoms with Crippen molar-refractivity contribution in [1.29, 1.82) is 0 Å². The largest absolute Gasteiger partial charge is 0.366 e. The van der Waals surface area contributed by atoms with E-state index in [0.717, 1.165) is 5.56 Å². The number of primary amides is 1. The minimum atomic E-state index is -0.639. The van der Waals surface area contributed by atoms with E-state index in [1.165, 1.54) is 0 Å². The Bertz CT molecular complexity index is 785. The first-order valence-corrected chi connectivity index (χ1v) is 8.04. The molecule has 0 saturated carbocycles. The summed E-state index contributed by atoms with van der Waals surface area (Å²) in [6.45, 7) is 5.51. The summed E-state index contributed by atoms with van der Waals surface area (Å²) in [5.74, 6) is -0.644. The molecule has 0 aromatic heterocycles. The number of hydrogen-bond donors (Lipinski definition) is 2. The molecule has 126 valence electrons. The van der Waals surface area contributed by atoms with E-state index in [2.05, 4.69) is 5.32 Å². The predicted octanol–water partition coefficient (Wildman–Crippen LogP) is 3.95. The molecule has 0 heterocycles. The first kappa shape index (κ1) is 18.0. The highest BCUT2D eigenvalue weighted by Crippen LogP contribution is 2.27. The average Bonchev–Trinajstić information content (AvgIpc) is 2.48. The number of nitrogens with one attached hydrogen (secondary N) is 1. The first-order chi connectivity index (χ1) is 11.2. The van der Waals surface area contributed by atoms with Gasteiger partial charge in [-0.3, -0.25) is 9.59 Å². The Balaban J connectivity index is 2.19. The lowest BCUT2D eigenvalue weighted by molar-refractivity contribution is -0.123. The predicted molar refractivity (Wildman–Crippen MR) is 97.3 cm³/mol. The van der Waals surface area contributed by atoms with Crippen LogP contribution in [0.3, 0.4) is 0 Å². The molecule has 0 unspecified atom stereocenters. The van der Waals surface area contributed by atoms with Gasteiger partial charge in [0.15, 0.2) is 0 Å². The topological polar surface area (TPSA) is 72.2 Å². The van der Waals surface area contributed by atoms with Crippen molar-refractivity contribution >= 4 is 29.1 Å². The summed E-state index contributed by atoms with van der Waals surface area (Å²) in [5.41, 5.74) is 7.36. The van der Waals surface area contributed by atoms with Crippen LogP contribution in [0.4, 0.5) is 5.69 Å². The molecular formula is C19H21ClN2O2. The van der Waals surface area contributed by atoms with Gasteiger partial charge in [0.05, 0.1) is 0 Å². The van der Waals surface area contributed by atoms with Gasteiger partial charge in [0.1, 0.15) is 0 Å². The van der Waals surface area contributed by atoms with Gasteiger partial charge in [0.2, 0.25) is 11.8 Å². The first-order valence-electron chi connectivity index (χ1n) is 7.66. The molecule has 0 fully saturated rings. The molecule has 0 aliphatic rings. The second kappa shape index (κ2) is 7.05. The van der Waals surface area contributed by atoms with Gasteiger partial charge < -0.3 is 11.1 Å². The number of hydrogen-bond acceptors (Lipinski definition) is 2. The Morgan fingerprint density at radius 1 is 1.17 bits per heavy atom. The summed E-state index contributed by atoms with van der Waals surface area (Å²) in [6.07, 6.45) is 0.550. The highest BCUT2D eigenvalue weighted by Gasteiger charge is 2.28. The summed E-state index contributed by atoms with van der Waals surface area (Å²) in [6, 6.07) is 12.6. The van der Waals surface area contributed by atoms with E-state index in [9.17, 15) is 9.59 Å². The van der Waals surface area contributed by atoms with Gasteiger partial charge in [-0.15, -0.1) is 0 Å². The number of rotatable bonds is 5. The molecule has 2 aromatic carbocycles. The Hall–Kier alpha value is -2.33. The van der Waals surface area contributed by atoms with E-state index in [4.69, 9.17) is 17.3 Å². The normalized spacial score (nSPS) is 11.2. The number of amides is 2. The van der Waals surface area contributed by atoms with Gasteiger partial charge >= 0.3 is 0 Å². The fourth-order valence-electron chi connectivity index (χ4n) is 2.57. The molecule has 5 heteroatoms. The maximum Gasteiger partial charge on any atom is 0.249 e. The highest BCUT2D eigenvalue weighted by atomic mass is 35.5. The molecule has 2 amide bonds. The monoisotopic (exact) mass is 344 g/mol. The maximum atomic E-state index is 12.7. The maximum absolute atomic E-state index is 12.7. The van der Waals surface area contributed by atoms with E-state index >= 15 is 0 Å². The van der Waals surface area contributed by atoms with Crippen LogP contribution in [0.15, 0.2) is 42.5 Å². The van der Waals surface area contributed by atoms with Gasteiger partial charge in [-0.25, -0.2) is 0 Å². The lowest BCUT2D eigenvalue weighted by atomic mass is 9.84. The molecule has 0 saturated heterocycles. The van der Waals surface area contributed by atoms with Gasteiger partial charge in [-0.1, -0.05) is 43.6 Å². The summed E-state index contributed by atoms with van der Waals surface area (Å²) < 4.78 is 0. The standard InChI is InChI=1S/C19H21ClN2O2/c1-12-15(17(21)23)8-5-9-16(12)22-18(24)19(2,3)11-13-6-4-7-14(20)10-13/h4-10H,11H2,1-3H3,(H2,21,23)(H,22,24). The summed E-state index contributed by atoms with van der Waals surface area (Å²) in [7, 11) is 0. The summed E-state index contributed by atoms with van der Waals surface area (Å²) in [5, 5.41) is 3.55. The minimum absolute atomic E-state index is 0.132. The number of anilines is 1. The van der Waals surface area contributed by atoms with Gasteiger partial charge in [-0.05, 0) is 48.7 Å². The highest BCUT2D eigenvalue weighted by molar-refractivity contribution is 6.30. The molecule has 0 spiro atoms. The third-order valence-electron chi connectivity index (χ3n) is 4.00. The van der Waals surface area contributed by atoms with Crippen LogP contribution >= 0.6 is 11.6 Å². The molecule has 2 aromatic rings. The van der Waals surface area contributed by atoms with E-state index in [0.29, 0.717) is 28.3 Å². The van der Waals surface area contributed by atoms with Crippen molar-refractivity contribution in [3.63, 3.8) is 0 Å². The summed E-state index contributed by atoms with van der Waals surface area (Å²) >= 11 is 6.01. The quantitative estimate of drug-likeness (QED) is 0.861. The van der Waals surface area contributed by atoms with Crippen molar-refractivity contribution in [2.45, 2.75) is 27.2 Å². The van der Waals surface area contributed by atoms with Crippen molar-refractivity contribution in [2.24, 2.45) is 11.1 Å². The van der Waals surface area contributed by atoms with E-state index < -0.39 is 11.3 Å². The molecule has 0 atom stereocenters. The van der Waals surface area contributed by atoms with Crippen molar-refractivity contribution in [3.05, 3.63) is 64.2 Å². The third-order valence-corrected chi connectivity index (χ3v) is 4.23. The van der Waals surface area contributed by atoms with E-state index in [1.54, 1.807) is 31.2 Å². The van der Waals surface area contributed by atoms with Gasteiger partial charge in [0.25, 0.3) is 0 Å². The number of halogens is 1. The van der Waals surface area contributed by atoms with Crippen LogP contribution in [0, 0.1) is 12.3 Å². The molecule has 3 N–H and O–H groups in total. The number of carbonyl (C=O) groups excluding carboxylic acids is 2. The molecule has 24 heavy (non-hydrogen) atoms. The number of nitrogens with two attached hydrogens (primary N) is 1. The second-order valence-electron chi connectivity index (χ2n) is 6.49. The number of benzene rings is 2. The molecule has 0 aliphatic carbocycles. The fraction of sp³-hybridized carbons (Fsp3) is 0.263. The smallest absolute Gasteiger partial charge is 0.249 e. The Morgan fingerprint density at radius 2 is 1.83 bits per heavy atom. The van der Waals surface area contributed by atoms with Crippen molar-refractivity contribution in [2.75, 3.05) is 5.32 Å². The van der Waals surface area contributed by atoms with Crippen molar-refractivity contribution < 1.29 is 9.59 Å². The van der Waals surface area contributed by atoms with Crippen LogP contribution in [0.25, 0.3) is 0 Å². The van der Waals surface area contributed by atoms with E-state index in [1.807, 2.05) is 32.0 Å². The Kier molecular flexibility index (Phi) is 5.30. The molecule has 2 rings (SSSR count). The van der Waals surface area contributed by atoms with Gasteiger partial charge in [-0.2, -0.15) is 0 Å². The zero-order chi connectivity index (χ0) is 17.9. The fourth-order valence-corrected chi connectivity index (χ4v) is 2.78. The van der Waals surface area contributed by atoms with Crippen molar-refractivity contribution in [1.82, 2.24) is 0 Å². The zero-order valence-electron chi connectivity index (χ0n) is 14.0. The Morgan fingerprint density at radius 3 is 2.46 bits per heavy atom. The zero-order valence-corrected chi connectivity index (χ0v) is 14.8. The third kappa shape index (κ3) is 4.15. The van der Waals surface area contributed by atoms with Crippen LogP contribution in [-0.4, -0.2) is 11.8 Å². The Labute approximate surface area is 147 Å². The molecule has 0 aliphatic heterocycles. The van der Waals surface area contributed by atoms with Crippen LogP contribution in [0.1, 0.15) is 35.3 Å². The summed E-state index contributed by atoms with van der Waals surface area (Å²) in [4.78, 5) is 24.1. The molecule has 0 bridgehead atoms. The van der Waals surface area contributed by atoms with Crippen LogP contribution < -0.4 is 11.1 Å².